The van der Waals surface area contributed by atoms with Crippen molar-refractivity contribution in [2.24, 2.45) is 0 Å². The minimum absolute atomic E-state index is 1.06. The van der Waals surface area contributed by atoms with E-state index in [1.165, 1.54) is 27.7 Å². The van der Waals surface area contributed by atoms with E-state index in [4.69, 9.17) is 0 Å². The lowest BCUT2D eigenvalue weighted by Gasteiger charge is -2.06. The number of aromatic nitrogens is 1. The Morgan fingerprint density at radius 1 is 1.06 bits per heavy atom. The fourth-order valence-corrected chi connectivity index (χ4v) is 2.40. The molecule has 0 aliphatic heterocycles. The summed E-state index contributed by atoms with van der Waals surface area (Å²) >= 11 is 0. The van der Waals surface area contributed by atoms with Gasteiger partial charge in [0.1, 0.15) is 0 Å². The Labute approximate surface area is 102 Å². The molecule has 2 aromatic rings. The van der Waals surface area contributed by atoms with Gasteiger partial charge in [-0.2, -0.15) is 0 Å². The smallest absolute Gasteiger partial charge is 0.0777 e. The maximum atomic E-state index is 4.52. The highest BCUT2D eigenvalue weighted by Gasteiger charge is 2.13. The molecule has 1 aromatic carbocycles. The molecule has 1 aliphatic rings. The third kappa shape index (κ3) is 1.68. The Bertz CT molecular complexity index is 642. The molecule has 0 fully saturated rings. The molecule has 1 heterocycles. The van der Waals surface area contributed by atoms with Crippen molar-refractivity contribution < 1.29 is 0 Å². The average Bonchev–Trinajstić information content (AvgIpc) is 2.69. The monoisotopic (exact) mass is 221 g/mol. The van der Waals surface area contributed by atoms with E-state index in [0.717, 1.165) is 11.9 Å². The molecule has 0 unspecified atom stereocenters. The van der Waals surface area contributed by atoms with Crippen molar-refractivity contribution in [2.45, 2.75) is 20.3 Å². The van der Waals surface area contributed by atoms with Crippen LogP contribution in [0.25, 0.3) is 16.5 Å². The topological polar surface area (TPSA) is 12.9 Å². The number of nitrogens with zero attached hydrogens (tertiary/aromatic N) is 1. The normalized spacial score (nSPS) is 15.5. The van der Waals surface area contributed by atoms with E-state index in [9.17, 15) is 0 Å². The number of hydrogen-bond acceptors (Lipinski definition) is 1. The summed E-state index contributed by atoms with van der Waals surface area (Å²) in [6, 6.07) is 10.5. The van der Waals surface area contributed by atoms with Gasteiger partial charge >= 0.3 is 0 Å². The van der Waals surface area contributed by atoms with Crippen LogP contribution in [0.3, 0.4) is 0 Å². The summed E-state index contributed by atoms with van der Waals surface area (Å²) in [7, 11) is 0. The van der Waals surface area contributed by atoms with Gasteiger partial charge in [0.05, 0.1) is 5.52 Å². The zero-order valence-corrected chi connectivity index (χ0v) is 10.2. The number of pyridine rings is 1. The fraction of sp³-hybridized carbons (Fsp3) is 0.188. The molecule has 1 nitrogen and oxygen atoms in total. The van der Waals surface area contributed by atoms with Gasteiger partial charge < -0.3 is 0 Å². The van der Waals surface area contributed by atoms with Crippen LogP contribution in [0.2, 0.25) is 0 Å². The Balaban J connectivity index is 2.17. The second-order valence-corrected chi connectivity index (χ2v) is 4.69. The highest BCUT2D eigenvalue weighted by molar-refractivity contribution is 5.92. The van der Waals surface area contributed by atoms with Crippen molar-refractivity contribution in [3.05, 3.63) is 59.3 Å². The average molecular weight is 221 g/mol. The SMILES string of the molecule is CC1=C(C)CC(c2cccc3cccnc23)=C1. The molecular weight excluding hydrogens is 206 g/mol. The van der Waals surface area contributed by atoms with E-state index in [0.29, 0.717) is 0 Å². The zero-order chi connectivity index (χ0) is 11.8. The Kier molecular flexibility index (Phi) is 2.32. The van der Waals surface area contributed by atoms with Gasteiger partial charge in [-0.3, -0.25) is 4.98 Å². The van der Waals surface area contributed by atoms with Crippen LogP contribution in [-0.4, -0.2) is 4.98 Å². The minimum Gasteiger partial charge on any atom is -0.256 e. The molecule has 0 bridgehead atoms. The van der Waals surface area contributed by atoms with Crippen LogP contribution in [-0.2, 0) is 0 Å². The van der Waals surface area contributed by atoms with Gasteiger partial charge in [0.25, 0.3) is 0 Å². The second-order valence-electron chi connectivity index (χ2n) is 4.69. The summed E-state index contributed by atoms with van der Waals surface area (Å²) < 4.78 is 0. The van der Waals surface area contributed by atoms with Crippen molar-refractivity contribution >= 4 is 16.5 Å². The van der Waals surface area contributed by atoms with E-state index in [2.05, 4.69) is 49.2 Å². The van der Waals surface area contributed by atoms with E-state index in [1.807, 2.05) is 12.3 Å². The standard InChI is InChI=1S/C16H15N/c1-11-9-14(10-12(11)2)15-7-3-5-13-6-4-8-17-16(13)15/h3-9H,10H2,1-2H3. The van der Waals surface area contributed by atoms with Gasteiger partial charge in [-0.15, -0.1) is 0 Å². The summed E-state index contributed by atoms with van der Waals surface area (Å²) in [5.41, 5.74) is 6.65. The first kappa shape index (κ1) is 10.3. The van der Waals surface area contributed by atoms with Gasteiger partial charge in [-0.1, -0.05) is 41.5 Å². The van der Waals surface area contributed by atoms with Crippen molar-refractivity contribution in [1.82, 2.24) is 4.98 Å². The molecular formula is C16H15N. The fourth-order valence-electron chi connectivity index (χ4n) is 2.40. The van der Waals surface area contributed by atoms with Crippen LogP contribution in [0.1, 0.15) is 25.8 Å². The van der Waals surface area contributed by atoms with Crippen molar-refractivity contribution in [2.75, 3.05) is 0 Å². The predicted molar refractivity (Wildman–Crippen MR) is 72.7 cm³/mol. The molecule has 0 atom stereocenters. The van der Waals surface area contributed by atoms with Gasteiger partial charge in [-0.25, -0.2) is 0 Å². The lowest BCUT2D eigenvalue weighted by Crippen LogP contribution is -1.87. The molecule has 1 aromatic heterocycles. The van der Waals surface area contributed by atoms with Crippen LogP contribution >= 0.6 is 0 Å². The number of hydrogen-bond donors (Lipinski definition) is 0. The van der Waals surface area contributed by atoms with Gasteiger partial charge in [0.15, 0.2) is 0 Å². The maximum Gasteiger partial charge on any atom is 0.0777 e. The third-order valence-corrected chi connectivity index (χ3v) is 3.50. The largest absolute Gasteiger partial charge is 0.256 e. The molecule has 17 heavy (non-hydrogen) atoms. The number of allylic oxidation sites excluding steroid dienone is 4. The summed E-state index contributed by atoms with van der Waals surface area (Å²) in [5, 5.41) is 1.22. The zero-order valence-electron chi connectivity index (χ0n) is 10.2. The molecule has 0 N–H and O–H groups in total. The molecule has 0 amide bonds. The molecule has 0 saturated heterocycles. The van der Waals surface area contributed by atoms with Gasteiger partial charge in [-0.05, 0) is 31.9 Å². The number of benzene rings is 1. The van der Waals surface area contributed by atoms with Crippen LogP contribution in [0.15, 0.2) is 53.8 Å². The van der Waals surface area contributed by atoms with E-state index >= 15 is 0 Å². The molecule has 3 rings (SSSR count). The van der Waals surface area contributed by atoms with Crippen molar-refractivity contribution in [3.8, 4) is 0 Å². The van der Waals surface area contributed by atoms with E-state index in [-0.39, 0.29) is 0 Å². The maximum absolute atomic E-state index is 4.52. The Hall–Kier alpha value is -1.89. The van der Waals surface area contributed by atoms with Crippen LogP contribution in [0, 0.1) is 0 Å². The Morgan fingerprint density at radius 2 is 1.88 bits per heavy atom. The lowest BCUT2D eigenvalue weighted by molar-refractivity contribution is 1.23. The molecule has 0 spiro atoms. The van der Waals surface area contributed by atoms with Gasteiger partial charge in [0, 0.05) is 17.1 Å². The molecule has 84 valence electrons. The van der Waals surface area contributed by atoms with Crippen molar-refractivity contribution in [3.63, 3.8) is 0 Å². The minimum atomic E-state index is 1.06. The highest BCUT2D eigenvalue weighted by atomic mass is 14.6. The first-order chi connectivity index (χ1) is 8.25. The second kappa shape index (κ2) is 3.85. The number of fused-ring (bicyclic) bond motifs is 1. The summed E-state index contributed by atoms with van der Waals surface area (Å²) in [5.74, 6) is 0. The third-order valence-electron chi connectivity index (χ3n) is 3.50. The molecule has 1 heteroatoms. The highest BCUT2D eigenvalue weighted by Crippen LogP contribution is 2.34. The van der Waals surface area contributed by atoms with Crippen LogP contribution < -0.4 is 0 Å². The molecule has 0 saturated carbocycles. The van der Waals surface area contributed by atoms with E-state index < -0.39 is 0 Å². The first-order valence-corrected chi connectivity index (χ1v) is 5.97. The molecule has 1 aliphatic carbocycles. The Morgan fingerprint density at radius 3 is 2.65 bits per heavy atom. The van der Waals surface area contributed by atoms with Gasteiger partial charge in [0.2, 0.25) is 0 Å². The quantitative estimate of drug-likeness (QED) is 0.697. The van der Waals surface area contributed by atoms with Crippen molar-refractivity contribution in [1.29, 1.82) is 0 Å². The molecule has 0 radical (unpaired) electrons. The lowest BCUT2D eigenvalue weighted by atomic mass is 10.0. The summed E-state index contributed by atoms with van der Waals surface area (Å²) in [6.45, 7) is 4.39. The number of rotatable bonds is 1. The summed E-state index contributed by atoms with van der Waals surface area (Å²) in [4.78, 5) is 4.52. The summed E-state index contributed by atoms with van der Waals surface area (Å²) in [6.07, 6.45) is 5.22. The van der Waals surface area contributed by atoms with Crippen LogP contribution in [0.4, 0.5) is 0 Å². The number of para-hydroxylation sites is 1. The van der Waals surface area contributed by atoms with E-state index in [1.54, 1.807) is 0 Å². The first-order valence-electron chi connectivity index (χ1n) is 5.97. The van der Waals surface area contributed by atoms with Crippen LogP contribution in [0.5, 0.6) is 0 Å². The predicted octanol–water partition coefficient (Wildman–Crippen LogP) is 4.36.